The van der Waals surface area contributed by atoms with Gasteiger partial charge in [0.2, 0.25) is 11.8 Å². The lowest BCUT2D eigenvalue weighted by Crippen LogP contribution is -2.49. The molecule has 1 fully saturated rings. The molecule has 15 heavy (non-hydrogen) atoms. The molecule has 1 aromatic rings. The van der Waals surface area contributed by atoms with Crippen LogP contribution in [0.2, 0.25) is 0 Å². The molecule has 0 amide bonds. The highest BCUT2D eigenvalue weighted by molar-refractivity contribution is 5.33. The van der Waals surface area contributed by atoms with Crippen LogP contribution in [0.5, 0.6) is 5.88 Å². The van der Waals surface area contributed by atoms with Crippen LogP contribution in [0, 0.1) is 0 Å². The normalized spacial score (nSPS) is 21.5. The third-order valence-corrected chi connectivity index (χ3v) is 2.48. The fraction of sp³-hybridized carbons (Fsp3) is 0.600. The van der Waals surface area contributed by atoms with Gasteiger partial charge in [-0.15, -0.1) is 0 Å². The van der Waals surface area contributed by atoms with Crippen LogP contribution < -0.4 is 15.0 Å². The number of ether oxygens (including phenoxy) is 1. The fourth-order valence-electron chi connectivity index (χ4n) is 1.71. The lowest BCUT2D eigenvalue weighted by molar-refractivity contribution is 0.395. The van der Waals surface area contributed by atoms with Crippen LogP contribution >= 0.6 is 0 Å². The number of aromatic nitrogens is 2. The van der Waals surface area contributed by atoms with E-state index in [2.05, 4.69) is 27.1 Å². The van der Waals surface area contributed by atoms with Gasteiger partial charge in [0.25, 0.3) is 0 Å². The largest absolute Gasteiger partial charge is 0.481 e. The van der Waals surface area contributed by atoms with Crippen molar-refractivity contribution in [2.45, 2.75) is 13.0 Å². The maximum atomic E-state index is 5.08. The van der Waals surface area contributed by atoms with Crippen molar-refractivity contribution >= 4 is 5.95 Å². The van der Waals surface area contributed by atoms with Crippen molar-refractivity contribution < 1.29 is 4.74 Å². The quantitative estimate of drug-likeness (QED) is 0.756. The Morgan fingerprint density at radius 2 is 2.47 bits per heavy atom. The summed E-state index contributed by atoms with van der Waals surface area (Å²) in [5, 5.41) is 3.38. The van der Waals surface area contributed by atoms with Crippen LogP contribution in [0.3, 0.4) is 0 Å². The van der Waals surface area contributed by atoms with Gasteiger partial charge in [-0.1, -0.05) is 0 Å². The summed E-state index contributed by atoms with van der Waals surface area (Å²) in [6.45, 7) is 5.01. The number of nitrogens with zero attached hydrogens (tertiary/aromatic N) is 3. The van der Waals surface area contributed by atoms with Crippen molar-refractivity contribution in [2.24, 2.45) is 0 Å². The summed E-state index contributed by atoms with van der Waals surface area (Å²) in [5.74, 6) is 1.37. The van der Waals surface area contributed by atoms with E-state index in [1.54, 1.807) is 19.4 Å². The molecule has 1 saturated heterocycles. The van der Waals surface area contributed by atoms with Crippen molar-refractivity contribution in [1.82, 2.24) is 15.3 Å². The number of nitrogens with one attached hydrogen (secondary N) is 1. The Morgan fingerprint density at radius 1 is 1.60 bits per heavy atom. The molecule has 0 aromatic carbocycles. The van der Waals surface area contributed by atoms with Crippen molar-refractivity contribution in [2.75, 3.05) is 31.6 Å². The number of hydrogen-bond acceptors (Lipinski definition) is 5. The molecule has 0 radical (unpaired) electrons. The zero-order valence-corrected chi connectivity index (χ0v) is 9.10. The first-order valence-corrected chi connectivity index (χ1v) is 5.15. The van der Waals surface area contributed by atoms with E-state index in [-0.39, 0.29) is 0 Å². The van der Waals surface area contributed by atoms with Gasteiger partial charge in [0.05, 0.1) is 7.11 Å². The molecule has 5 nitrogen and oxygen atoms in total. The lowest BCUT2D eigenvalue weighted by Gasteiger charge is -2.31. The lowest BCUT2D eigenvalue weighted by atomic mass is 10.2. The average molecular weight is 208 g/mol. The Hall–Kier alpha value is -1.36. The van der Waals surface area contributed by atoms with E-state index >= 15 is 0 Å². The number of methoxy groups -OCH3 is 1. The standard InChI is InChI=1S/C10H16N4O/c1-8-7-14(6-5-11-8)10-12-4-3-9(13-10)15-2/h3-4,8,11H,5-7H2,1-2H3. The predicted molar refractivity (Wildman–Crippen MR) is 58.3 cm³/mol. The minimum atomic E-state index is 0.480. The van der Waals surface area contributed by atoms with Crippen LogP contribution in [-0.2, 0) is 0 Å². The van der Waals surface area contributed by atoms with Crippen molar-refractivity contribution in [3.63, 3.8) is 0 Å². The molecule has 1 aromatic heterocycles. The van der Waals surface area contributed by atoms with Crippen LogP contribution in [0.1, 0.15) is 6.92 Å². The Kier molecular flexibility index (Phi) is 3.01. The average Bonchev–Trinajstić information content (AvgIpc) is 2.29. The summed E-state index contributed by atoms with van der Waals surface area (Å²) < 4.78 is 5.08. The van der Waals surface area contributed by atoms with Crippen LogP contribution in [-0.4, -0.2) is 42.8 Å². The maximum Gasteiger partial charge on any atom is 0.228 e. The van der Waals surface area contributed by atoms with Gasteiger partial charge < -0.3 is 15.0 Å². The second kappa shape index (κ2) is 4.44. The van der Waals surface area contributed by atoms with Crippen LogP contribution in [0.25, 0.3) is 0 Å². The number of anilines is 1. The van der Waals surface area contributed by atoms with Crippen LogP contribution in [0.15, 0.2) is 12.3 Å². The molecule has 1 atom stereocenters. The fourth-order valence-corrected chi connectivity index (χ4v) is 1.71. The van der Waals surface area contributed by atoms with Crippen molar-refractivity contribution in [3.05, 3.63) is 12.3 Å². The third-order valence-electron chi connectivity index (χ3n) is 2.48. The van der Waals surface area contributed by atoms with Crippen LogP contribution in [0.4, 0.5) is 5.95 Å². The summed E-state index contributed by atoms with van der Waals surface area (Å²) in [4.78, 5) is 10.7. The molecule has 5 heteroatoms. The highest BCUT2D eigenvalue weighted by Gasteiger charge is 2.17. The highest BCUT2D eigenvalue weighted by atomic mass is 16.5. The van der Waals surface area contributed by atoms with Crippen molar-refractivity contribution in [1.29, 1.82) is 0 Å². The molecule has 2 heterocycles. The van der Waals surface area contributed by atoms with Gasteiger partial charge in [-0.25, -0.2) is 4.98 Å². The molecule has 1 unspecified atom stereocenters. The predicted octanol–water partition coefficient (Wildman–Crippen LogP) is 0.283. The zero-order chi connectivity index (χ0) is 10.7. The summed E-state index contributed by atoms with van der Waals surface area (Å²) in [6.07, 6.45) is 1.73. The highest BCUT2D eigenvalue weighted by Crippen LogP contribution is 2.13. The Balaban J connectivity index is 2.13. The van der Waals surface area contributed by atoms with E-state index in [1.807, 2.05) is 0 Å². The first-order valence-electron chi connectivity index (χ1n) is 5.15. The first-order chi connectivity index (χ1) is 7.29. The molecule has 0 bridgehead atoms. The number of hydrogen-bond donors (Lipinski definition) is 1. The second-order valence-corrected chi connectivity index (χ2v) is 3.70. The third kappa shape index (κ3) is 2.36. The van der Waals surface area contributed by atoms with Gasteiger partial charge in [-0.05, 0) is 6.92 Å². The molecule has 1 aliphatic rings. The molecule has 1 N–H and O–H groups in total. The van der Waals surface area contributed by atoms with E-state index in [0.29, 0.717) is 11.9 Å². The summed E-state index contributed by atoms with van der Waals surface area (Å²) in [7, 11) is 1.62. The topological polar surface area (TPSA) is 50.3 Å². The summed E-state index contributed by atoms with van der Waals surface area (Å²) in [5.41, 5.74) is 0. The minimum absolute atomic E-state index is 0.480. The first kappa shape index (κ1) is 10.2. The minimum Gasteiger partial charge on any atom is -0.481 e. The van der Waals surface area contributed by atoms with E-state index in [4.69, 9.17) is 4.74 Å². The van der Waals surface area contributed by atoms with E-state index in [9.17, 15) is 0 Å². The Morgan fingerprint density at radius 3 is 3.20 bits per heavy atom. The Bertz CT molecular complexity index is 331. The van der Waals surface area contributed by atoms with E-state index < -0.39 is 0 Å². The second-order valence-electron chi connectivity index (χ2n) is 3.70. The molecule has 2 rings (SSSR count). The maximum absolute atomic E-state index is 5.08. The summed E-state index contributed by atoms with van der Waals surface area (Å²) >= 11 is 0. The van der Waals surface area contributed by atoms with Crippen molar-refractivity contribution in [3.8, 4) is 5.88 Å². The van der Waals surface area contributed by atoms with Gasteiger partial charge in [0.15, 0.2) is 0 Å². The van der Waals surface area contributed by atoms with Gasteiger partial charge >= 0.3 is 0 Å². The van der Waals surface area contributed by atoms with E-state index in [1.165, 1.54) is 0 Å². The van der Waals surface area contributed by atoms with Gasteiger partial charge in [-0.2, -0.15) is 4.98 Å². The zero-order valence-electron chi connectivity index (χ0n) is 9.10. The van der Waals surface area contributed by atoms with E-state index in [0.717, 1.165) is 25.6 Å². The van der Waals surface area contributed by atoms with Gasteiger partial charge in [-0.3, -0.25) is 0 Å². The molecule has 1 aliphatic heterocycles. The molecule has 0 spiro atoms. The monoisotopic (exact) mass is 208 g/mol. The summed E-state index contributed by atoms with van der Waals surface area (Å²) in [6, 6.07) is 2.24. The van der Waals surface area contributed by atoms with Gasteiger partial charge in [0.1, 0.15) is 0 Å². The number of piperazine rings is 1. The molecule has 0 aliphatic carbocycles. The number of rotatable bonds is 2. The smallest absolute Gasteiger partial charge is 0.228 e. The molecule has 82 valence electrons. The molecular formula is C10H16N4O. The molecule has 0 saturated carbocycles. The Labute approximate surface area is 89.5 Å². The van der Waals surface area contributed by atoms with Gasteiger partial charge in [0, 0.05) is 37.9 Å². The SMILES string of the molecule is COc1ccnc(N2CCNC(C)C2)n1. The molecular weight excluding hydrogens is 192 g/mol.